The van der Waals surface area contributed by atoms with Gasteiger partial charge in [0.05, 0.1) is 0 Å². The zero-order chi connectivity index (χ0) is 39.8. The van der Waals surface area contributed by atoms with Gasteiger partial charge in [0.1, 0.15) is 24.2 Å². The number of benzene rings is 4. The molecule has 57 heavy (non-hydrogen) atoms. The van der Waals surface area contributed by atoms with Gasteiger partial charge in [-0.3, -0.25) is 29.0 Å². The number of carbonyl (C=O) groups is 4. The van der Waals surface area contributed by atoms with Crippen molar-refractivity contribution in [1.29, 1.82) is 0 Å². The zero-order valence-corrected chi connectivity index (χ0v) is 33.1. The number of hydrogen-bond acceptors (Lipinski definition) is 6. The minimum Gasteiger partial charge on any atom is -0.354 e. The highest BCUT2D eigenvalue weighted by Gasteiger charge is 2.40. The molecule has 0 radical (unpaired) electrons. The Hall–Kier alpha value is -5.78. The molecular formula is C46H51N7O4. The summed E-state index contributed by atoms with van der Waals surface area (Å²) < 4.78 is 0. The third-order valence-corrected chi connectivity index (χ3v) is 11.9. The quantitative estimate of drug-likeness (QED) is 0.152. The fourth-order valence-electron chi connectivity index (χ4n) is 9.16. The average molecular weight is 766 g/mol. The van der Waals surface area contributed by atoms with Crippen molar-refractivity contribution in [2.75, 3.05) is 51.9 Å². The van der Waals surface area contributed by atoms with Crippen molar-refractivity contribution in [3.05, 3.63) is 119 Å². The number of hydrogen-bond donors (Lipinski definition) is 3. The van der Waals surface area contributed by atoms with Crippen molar-refractivity contribution in [3.8, 4) is 11.3 Å². The van der Waals surface area contributed by atoms with Crippen LogP contribution < -0.4 is 10.6 Å². The second-order valence-electron chi connectivity index (χ2n) is 16.0. The highest BCUT2D eigenvalue weighted by Crippen LogP contribution is 2.40. The first-order valence-corrected chi connectivity index (χ1v) is 20.0. The third kappa shape index (κ3) is 7.45. The molecule has 2 saturated heterocycles. The lowest BCUT2D eigenvalue weighted by Gasteiger charge is -2.31. The van der Waals surface area contributed by atoms with E-state index >= 15 is 0 Å². The number of nitrogens with one attached hydrogen (secondary N) is 3. The number of fused-ring (bicyclic) bond motifs is 5. The van der Waals surface area contributed by atoms with E-state index in [9.17, 15) is 19.2 Å². The predicted octanol–water partition coefficient (Wildman–Crippen LogP) is 6.40. The van der Waals surface area contributed by atoms with Gasteiger partial charge in [-0.25, -0.2) is 0 Å². The van der Waals surface area contributed by atoms with Gasteiger partial charge in [-0.2, -0.15) is 0 Å². The summed E-state index contributed by atoms with van der Waals surface area (Å²) in [5, 5.41) is 7.32. The molecule has 0 bridgehead atoms. The SMILES string of the molecule is CN(C)C(C(=O)N1CCC[C@H]1C(=O)Nc1ccc2c(c1)CCc1c-2[nH]c2ccc(NC(=O)[C@@H]3CCCN3C(=O)C(c3ccccc3)N(C)C)cc12)c1ccccc1. The van der Waals surface area contributed by atoms with Crippen molar-refractivity contribution >= 4 is 45.9 Å². The molecule has 3 aliphatic rings. The van der Waals surface area contributed by atoms with Crippen LogP contribution in [-0.2, 0) is 32.0 Å². The Balaban J connectivity index is 0.957. The van der Waals surface area contributed by atoms with Gasteiger partial charge in [-0.15, -0.1) is 0 Å². The first kappa shape index (κ1) is 38.1. The molecule has 3 N–H and O–H groups in total. The number of aryl methyl sites for hydroxylation is 2. The number of rotatable bonds is 10. The van der Waals surface area contributed by atoms with E-state index < -0.39 is 24.2 Å². The number of nitrogens with zero attached hydrogens (tertiary/aromatic N) is 4. The number of H-pyrrole nitrogens is 1. The maximum absolute atomic E-state index is 13.9. The van der Waals surface area contributed by atoms with Crippen molar-refractivity contribution in [2.45, 2.75) is 62.7 Å². The van der Waals surface area contributed by atoms with Crippen LogP contribution in [0.4, 0.5) is 11.4 Å². The number of likely N-dealkylation sites (N-methyl/N-ethyl adjacent to an activating group) is 2. The predicted molar refractivity (Wildman–Crippen MR) is 224 cm³/mol. The molecule has 11 heteroatoms. The van der Waals surface area contributed by atoms with Crippen molar-refractivity contribution < 1.29 is 19.2 Å². The van der Waals surface area contributed by atoms with Gasteiger partial charge in [0.2, 0.25) is 23.6 Å². The number of aromatic nitrogens is 1. The Morgan fingerprint density at radius 2 is 1.16 bits per heavy atom. The Kier molecular flexibility index (Phi) is 10.7. The lowest BCUT2D eigenvalue weighted by Crippen LogP contribution is -2.47. The Labute approximate surface area is 334 Å². The second kappa shape index (κ2) is 16.0. The third-order valence-electron chi connectivity index (χ3n) is 11.9. The molecule has 5 aromatic rings. The summed E-state index contributed by atoms with van der Waals surface area (Å²) in [7, 11) is 7.58. The number of anilines is 2. The fraction of sp³-hybridized carbons (Fsp3) is 0.348. The second-order valence-corrected chi connectivity index (χ2v) is 16.0. The van der Waals surface area contributed by atoms with Gasteiger partial charge in [0.15, 0.2) is 0 Å². The Bertz CT molecular complexity index is 2300. The molecule has 0 spiro atoms. The smallest absolute Gasteiger partial charge is 0.247 e. The van der Waals surface area contributed by atoms with Crippen LogP contribution in [0.3, 0.4) is 0 Å². The molecule has 2 fully saturated rings. The van der Waals surface area contributed by atoms with E-state index in [2.05, 4.69) is 21.7 Å². The molecule has 2 unspecified atom stereocenters. The molecule has 4 amide bonds. The largest absolute Gasteiger partial charge is 0.354 e. The van der Waals surface area contributed by atoms with Gasteiger partial charge in [-0.05, 0) is 119 Å². The molecule has 294 valence electrons. The van der Waals surface area contributed by atoms with Crippen LogP contribution >= 0.6 is 0 Å². The van der Waals surface area contributed by atoms with Crippen molar-refractivity contribution in [3.63, 3.8) is 0 Å². The fourth-order valence-corrected chi connectivity index (χ4v) is 9.16. The first-order chi connectivity index (χ1) is 27.6. The maximum atomic E-state index is 13.9. The van der Waals surface area contributed by atoms with Gasteiger partial charge >= 0.3 is 0 Å². The lowest BCUT2D eigenvalue weighted by molar-refractivity contribution is -0.141. The molecule has 8 rings (SSSR count). The molecule has 0 saturated carbocycles. The minimum atomic E-state index is -0.539. The van der Waals surface area contributed by atoms with Crippen molar-refractivity contribution in [2.24, 2.45) is 0 Å². The topological polar surface area (TPSA) is 121 Å². The zero-order valence-electron chi connectivity index (χ0n) is 33.1. The van der Waals surface area contributed by atoms with Gasteiger partial charge in [0, 0.05) is 46.6 Å². The van der Waals surface area contributed by atoms with E-state index in [0.29, 0.717) is 31.6 Å². The number of aromatic amines is 1. The molecule has 1 aliphatic carbocycles. The molecule has 4 aromatic carbocycles. The Morgan fingerprint density at radius 3 is 1.68 bits per heavy atom. The van der Waals surface area contributed by atoms with Crippen LogP contribution in [0.2, 0.25) is 0 Å². The summed E-state index contributed by atoms with van der Waals surface area (Å²) in [5.74, 6) is -0.459. The van der Waals surface area contributed by atoms with Crippen molar-refractivity contribution in [1.82, 2.24) is 24.6 Å². The number of amides is 4. The number of likely N-dealkylation sites (tertiary alicyclic amines) is 2. The monoisotopic (exact) mass is 765 g/mol. The highest BCUT2D eigenvalue weighted by atomic mass is 16.2. The summed E-state index contributed by atoms with van der Waals surface area (Å²) in [5.41, 5.74) is 8.66. The molecular weight excluding hydrogens is 715 g/mol. The van der Waals surface area contributed by atoms with Gasteiger partial charge in [0.25, 0.3) is 0 Å². The van der Waals surface area contributed by atoms with E-state index in [-0.39, 0.29) is 23.6 Å². The normalized spacial score (nSPS) is 18.7. The Morgan fingerprint density at radius 1 is 0.649 bits per heavy atom. The molecule has 1 aromatic heterocycles. The summed E-state index contributed by atoms with van der Waals surface area (Å²) in [6, 6.07) is 29.4. The van der Waals surface area contributed by atoms with Crippen LogP contribution in [0.15, 0.2) is 97.1 Å². The van der Waals surface area contributed by atoms with E-state index in [0.717, 1.165) is 70.2 Å². The van der Waals surface area contributed by atoms with E-state index in [4.69, 9.17) is 0 Å². The van der Waals surface area contributed by atoms with Crippen LogP contribution in [0.5, 0.6) is 0 Å². The van der Waals surface area contributed by atoms with E-state index in [1.54, 1.807) is 9.80 Å². The highest BCUT2D eigenvalue weighted by molar-refractivity contribution is 6.02. The van der Waals surface area contributed by atoms with Crippen LogP contribution in [0, 0.1) is 0 Å². The van der Waals surface area contributed by atoms with Crippen LogP contribution in [0.1, 0.15) is 60.0 Å². The maximum Gasteiger partial charge on any atom is 0.247 e. The molecule has 4 atom stereocenters. The summed E-state index contributed by atoms with van der Waals surface area (Å²) in [6.07, 6.45) is 4.39. The molecule has 11 nitrogen and oxygen atoms in total. The van der Waals surface area contributed by atoms with Gasteiger partial charge < -0.3 is 25.4 Å². The standard InChI is InChI=1S/C46H51N7O4/c1-50(2)41(29-13-7-5-8-14-29)45(56)52-25-11-17-38(52)43(54)47-32-20-23-34-31(27-32)19-22-35-36-28-33(21-24-37(36)49-40(34)35)48-44(55)39-18-12-26-53(39)46(57)42(51(3)4)30-15-9-6-10-16-30/h5-10,13-16,20-21,23-24,27-28,38-39,41-42,49H,11-12,17-19,22,25-26H2,1-4H3,(H,47,54)(H,48,55)/t38-,39-,41?,42?/m0/s1. The van der Waals surface area contributed by atoms with Crippen LogP contribution in [0.25, 0.3) is 22.2 Å². The first-order valence-electron chi connectivity index (χ1n) is 20.0. The molecule has 2 aliphatic heterocycles. The summed E-state index contributed by atoms with van der Waals surface area (Å²) >= 11 is 0. The lowest BCUT2D eigenvalue weighted by atomic mass is 9.88. The summed E-state index contributed by atoms with van der Waals surface area (Å²) in [4.78, 5) is 66.2. The minimum absolute atomic E-state index is 0.0593. The van der Waals surface area contributed by atoms with E-state index in [1.165, 1.54) is 5.56 Å². The number of carbonyl (C=O) groups excluding carboxylic acids is 4. The van der Waals surface area contributed by atoms with E-state index in [1.807, 2.05) is 129 Å². The van der Waals surface area contributed by atoms with Gasteiger partial charge in [-0.1, -0.05) is 66.7 Å². The molecule has 3 heterocycles. The average Bonchev–Trinajstić information content (AvgIpc) is 3.98. The summed E-state index contributed by atoms with van der Waals surface area (Å²) in [6.45, 7) is 1.10. The van der Waals surface area contributed by atoms with Crippen LogP contribution in [-0.4, -0.2) is 102 Å².